The van der Waals surface area contributed by atoms with E-state index in [4.69, 9.17) is 4.74 Å². The number of aliphatic hydroxyl groups excluding tert-OH is 1. The maximum Gasteiger partial charge on any atom is 0.416 e. The Labute approximate surface area is 159 Å². The Bertz CT molecular complexity index is 1000. The number of aliphatic hydroxyl groups is 1. The molecule has 0 bridgehead atoms. The van der Waals surface area contributed by atoms with Crippen LogP contribution < -0.4 is 10.1 Å². The number of fused-ring (bicyclic) bond motifs is 2. The molecule has 28 heavy (non-hydrogen) atoms. The van der Waals surface area contributed by atoms with E-state index in [2.05, 4.69) is 10.3 Å². The van der Waals surface area contributed by atoms with Crippen molar-refractivity contribution in [1.29, 1.82) is 0 Å². The van der Waals surface area contributed by atoms with Gasteiger partial charge in [0.05, 0.1) is 36.4 Å². The van der Waals surface area contributed by atoms with Gasteiger partial charge in [-0.25, -0.2) is 4.98 Å². The van der Waals surface area contributed by atoms with Crippen LogP contribution in [0.3, 0.4) is 0 Å². The van der Waals surface area contributed by atoms with E-state index >= 15 is 0 Å². The van der Waals surface area contributed by atoms with E-state index in [-0.39, 0.29) is 18.6 Å². The van der Waals surface area contributed by atoms with Crippen LogP contribution in [0.15, 0.2) is 42.5 Å². The van der Waals surface area contributed by atoms with Gasteiger partial charge in [-0.1, -0.05) is 18.2 Å². The lowest BCUT2D eigenvalue weighted by atomic mass is 9.91. The van der Waals surface area contributed by atoms with E-state index in [1.807, 2.05) is 24.3 Å². The Morgan fingerprint density at radius 3 is 2.79 bits per heavy atom. The zero-order valence-corrected chi connectivity index (χ0v) is 15.2. The molecule has 2 atom stereocenters. The second-order valence-electron chi connectivity index (χ2n) is 6.94. The van der Waals surface area contributed by atoms with E-state index in [0.29, 0.717) is 30.0 Å². The first-order chi connectivity index (χ1) is 13.4. The smallest absolute Gasteiger partial charge is 0.416 e. The summed E-state index contributed by atoms with van der Waals surface area (Å²) in [6.07, 6.45) is -4.40. The second-order valence-corrected chi connectivity index (χ2v) is 6.94. The number of nitrogens with zero attached hydrogens (tertiary/aromatic N) is 2. The molecule has 0 spiro atoms. The number of para-hydroxylation sites is 1. The fourth-order valence-electron chi connectivity index (χ4n) is 3.64. The highest BCUT2D eigenvalue weighted by molar-refractivity contribution is 5.77. The molecule has 0 radical (unpaired) electrons. The van der Waals surface area contributed by atoms with Crippen LogP contribution in [0.25, 0.3) is 11.0 Å². The van der Waals surface area contributed by atoms with Crippen molar-refractivity contribution in [3.63, 3.8) is 0 Å². The third kappa shape index (κ3) is 3.33. The lowest BCUT2D eigenvalue weighted by Gasteiger charge is -2.33. The van der Waals surface area contributed by atoms with Crippen molar-refractivity contribution in [2.75, 3.05) is 13.2 Å². The van der Waals surface area contributed by atoms with E-state index in [0.717, 1.165) is 23.4 Å². The lowest BCUT2D eigenvalue weighted by molar-refractivity contribution is -0.137. The van der Waals surface area contributed by atoms with Gasteiger partial charge in [-0.3, -0.25) is 0 Å². The number of aryl methyl sites for hydroxylation is 1. The van der Waals surface area contributed by atoms with Crippen LogP contribution in [0, 0.1) is 5.92 Å². The average Bonchev–Trinajstić information content (AvgIpc) is 3.00. The second kappa shape index (κ2) is 7.10. The van der Waals surface area contributed by atoms with Gasteiger partial charge in [-0.15, -0.1) is 0 Å². The van der Waals surface area contributed by atoms with E-state index in [9.17, 15) is 18.3 Å². The molecule has 5 nitrogen and oxygen atoms in total. The van der Waals surface area contributed by atoms with E-state index in [1.165, 1.54) is 6.07 Å². The fourth-order valence-corrected chi connectivity index (χ4v) is 3.64. The molecule has 1 aromatic heterocycles. The maximum atomic E-state index is 13.0. The normalized spacial score (nSPS) is 19.5. The number of alkyl halides is 3. The topological polar surface area (TPSA) is 59.3 Å². The van der Waals surface area contributed by atoms with Crippen LogP contribution in [-0.2, 0) is 19.8 Å². The molecule has 0 fully saturated rings. The molecule has 4 rings (SSSR count). The SMILES string of the molecule is Cn1c(CN[C@H]2c3ccccc3OC[C@H]2CO)nc2cc(C(F)(F)F)ccc21. The van der Waals surface area contributed by atoms with Crippen molar-refractivity contribution < 1.29 is 23.0 Å². The number of imidazole rings is 1. The lowest BCUT2D eigenvalue weighted by Crippen LogP contribution is -2.37. The van der Waals surface area contributed by atoms with Crippen LogP contribution in [0.2, 0.25) is 0 Å². The van der Waals surface area contributed by atoms with Gasteiger partial charge in [0, 0.05) is 24.6 Å². The minimum absolute atomic E-state index is 0.0382. The first kappa shape index (κ1) is 18.8. The van der Waals surface area contributed by atoms with Crippen LogP contribution >= 0.6 is 0 Å². The summed E-state index contributed by atoms with van der Waals surface area (Å²) in [4.78, 5) is 4.38. The molecule has 8 heteroatoms. The highest BCUT2D eigenvalue weighted by Gasteiger charge is 2.32. The summed E-state index contributed by atoms with van der Waals surface area (Å²) in [5.41, 5.74) is 1.18. The molecule has 148 valence electrons. The van der Waals surface area contributed by atoms with Gasteiger partial charge in [-0.05, 0) is 24.3 Å². The molecule has 0 saturated heterocycles. The molecule has 1 aliphatic heterocycles. The van der Waals surface area contributed by atoms with Gasteiger partial charge in [0.2, 0.25) is 0 Å². The van der Waals surface area contributed by atoms with Crippen molar-refractivity contribution in [2.45, 2.75) is 18.8 Å². The molecule has 2 aromatic carbocycles. The predicted octanol–water partition coefficient (Wildman–Crippen LogP) is 3.42. The summed E-state index contributed by atoms with van der Waals surface area (Å²) in [6.45, 7) is 0.703. The molecule has 2 N–H and O–H groups in total. The third-order valence-electron chi connectivity index (χ3n) is 5.19. The van der Waals surface area contributed by atoms with E-state index in [1.54, 1.807) is 11.6 Å². The van der Waals surface area contributed by atoms with Crippen LogP contribution in [0.4, 0.5) is 13.2 Å². The maximum absolute atomic E-state index is 13.0. The number of benzene rings is 2. The molecular weight excluding hydrogens is 371 g/mol. The van der Waals surface area contributed by atoms with Gasteiger partial charge in [0.25, 0.3) is 0 Å². The molecule has 3 aromatic rings. The van der Waals surface area contributed by atoms with Crippen LogP contribution in [-0.4, -0.2) is 27.9 Å². The molecule has 2 heterocycles. The van der Waals surface area contributed by atoms with Gasteiger partial charge < -0.3 is 19.7 Å². The zero-order chi connectivity index (χ0) is 19.9. The average molecular weight is 391 g/mol. The standard InChI is InChI=1S/C20H20F3N3O2/c1-26-16-7-6-13(20(21,22)23)8-15(16)25-18(26)9-24-19-12(10-27)11-28-17-5-3-2-4-14(17)19/h2-8,12,19,24,27H,9-11H2,1H3/t12-,19-/m1/s1. The summed E-state index contributed by atoms with van der Waals surface area (Å²) in [7, 11) is 1.78. The summed E-state index contributed by atoms with van der Waals surface area (Å²) in [5.74, 6) is 1.26. The first-order valence-corrected chi connectivity index (χ1v) is 8.97. The van der Waals surface area contributed by atoms with Crippen molar-refractivity contribution in [3.8, 4) is 5.75 Å². The minimum Gasteiger partial charge on any atom is -0.493 e. The molecule has 0 saturated carbocycles. The zero-order valence-electron chi connectivity index (χ0n) is 15.2. The van der Waals surface area contributed by atoms with Crippen molar-refractivity contribution in [3.05, 3.63) is 59.4 Å². The van der Waals surface area contributed by atoms with Gasteiger partial charge >= 0.3 is 6.18 Å². The Hall–Kier alpha value is -2.58. The fraction of sp³-hybridized carbons (Fsp3) is 0.350. The number of hydrogen-bond acceptors (Lipinski definition) is 4. The Kier molecular flexibility index (Phi) is 4.76. The minimum atomic E-state index is -4.40. The molecule has 1 aliphatic rings. The predicted molar refractivity (Wildman–Crippen MR) is 97.8 cm³/mol. The molecule has 0 aliphatic carbocycles. The Morgan fingerprint density at radius 2 is 2.04 bits per heavy atom. The molecular formula is C20H20F3N3O2. The highest BCUT2D eigenvalue weighted by Crippen LogP contribution is 2.35. The van der Waals surface area contributed by atoms with Gasteiger partial charge in [0.1, 0.15) is 11.6 Å². The van der Waals surface area contributed by atoms with Crippen molar-refractivity contribution in [2.24, 2.45) is 13.0 Å². The third-order valence-corrected chi connectivity index (χ3v) is 5.19. The monoisotopic (exact) mass is 391 g/mol. The van der Waals surface area contributed by atoms with Crippen LogP contribution in [0.5, 0.6) is 5.75 Å². The summed E-state index contributed by atoms with van der Waals surface area (Å²) in [5, 5.41) is 13.1. The molecule has 0 unspecified atom stereocenters. The largest absolute Gasteiger partial charge is 0.493 e. The number of halogens is 3. The summed E-state index contributed by atoms with van der Waals surface area (Å²) < 4.78 is 46.3. The number of hydrogen-bond donors (Lipinski definition) is 2. The highest BCUT2D eigenvalue weighted by atomic mass is 19.4. The number of ether oxygens (including phenoxy) is 1. The number of nitrogens with one attached hydrogen (secondary N) is 1. The van der Waals surface area contributed by atoms with Crippen molar-refractivity contribution >= 4 is 11.0 Å². The van der Waals surface area contributed by atoms with Gasteiger partial charge in [-0.2, -0.15) is 13.2 Å². The molecule has 0 amide bonds. The van der Waals surface area contributed by atoms with Crippen molar-refractivity contribution in [1.82, 2.24) is 14.9 Å². The van der Waals surface area contributed by atoms with E-state index < -0.39 is 11.7 Å². The summed E-state index contributed by atoms with van der Waals surface area (Å²) in [6, 6.07) is 11.1. The van der Waals surface area contributed by atoms with Gasteiger partial charge in [0.15, 0.2) is 0 Å². The Balaban J connectivity index is 1.61. The number of rotatable bonds is 4. The number of aromatic nitrogens is 2. The Morgan fingerprint density at radius 1 is 1.25 bits per heavy atom. The van der Waals surface area contributed by atoms with Crippen LogP contribution in [0.1, 0.15) is 23.0 Å². The quantitative estimate of drug-likeness (QED) is 0.716. The summed E-state index contributed by atoms with van der Waals surface area (Å²) >= 11 is 0. The first-order valence-electron chi connectivity index (χ1n) is 8.97.